The van der Waals surface area contributed by atoms with E-state index in [2.05, 4.69) is 31.9 Å². The van der Waals surface area contributed by atoms with Gasteiger partial charge in [-0.15, -0.1) is 0 Å². The van der Waals surface area contributed by atoms with Crippen molar-refractivity contribution in [2.45, 2.75) is 50.6 Å². The third-order valence-corrected chi connectivity index (χ3v) is 8.09. The topological polar surface area (TPSA) is 110 Å². The van der Waals surface area contributed by atoms with Crippen LogP contribution in [0.4, 0.5) is 15.9 Å². The molecule has 0 spiro atoms. The van der Waals surface area contributed by atoms with Gasteiger partial charge < -0.3 is 15.0 Å². The fourth-order valence-electron chi connectivity index (χ4n) is 6.19. The Labute approximate surface area is 234 Å². The summed E-state index contributed by atoms with van der Waals surface area (Å²) in [4.78, 5) is 32.5. The largest absolute Gasteiger partial charge is 0.457 e. The molecule has 0 saturated carbocycles. The molecule has 2 aliphatic rings. The molecule has 11 heteroatoms. The SMILES string of the molecule is C=CC(=O)N1C2CCCC1C(c1ccc3ncnc(Nc4cc(C)c(Oc5ccn6ncnc6c5)cc4F)c3n1)C2. The summed E-state index contributed by atoms with van der Waals surface area (Å²) in [5.74, 6) is 0.899. The zero-order chi connectivity index (χ0) is 28.1. The minimum Gasteiger partial charge on any atom is -0.457 e. The molecule has 7 rings (SSSR count). The number of benzene rings is 1. The Morgan fingerprint density at radius 3 is 2.93 bits per heavy atom. The average molecular weight is 551 g/mol. The summed E-state index contributed by atoms with van der Waals surface area (Å²) < 4.78 is 23.0. The Hall–Kier alpha value is -4.93. The lowest BCUT2D eigenvalue weighted by atomic mass is 9.93. The van der Waals surface area contributed by atoms with E-state index in [9.17, 15) is 4.79 Å². The van der Waals surface area contributed by atoms with Gasteiger partial charge in [-0.05, 0) is 68.5 Å². The summed E-state index contributed by atoms with van der Waals surface area (Å²) in [7, 11) is 0. The van der Waals surface area contributed by atoms with Gasteiger partial charge in [0.1, 0.15) is 35.5 Å². The first-order valence-electron chi connectivity index (χ1n) is 13.6. The molecule has 5 aromatic rings. The normalized spacial score (nSPS) is 20.0. The highest BCUT2D eigenvalue weighted by molar-refractivity contribution is 5.88. The van der Waals surface area contributed by atoms with E-state index in [-0.39, 0.29) is 29.6 Å². The number of anilines is 2. The third kappa shape index (κ3) is 4.43. The van der Waals surface area contributed by atoms with Gasteiger partial charge in [0, 0.05) is 42.0 Å². The minimum absolute atomic E-state index is 0.0222. The van der Waals surface area contributed by atoms with E-state index in [0.717, 1.165) is 36.9 Å². The third-order valence-electron chi connectivity index (χ3n) is 8.09. The predicted molar refractivity (Wildman–Crippen MR) is 151 cm³/mol. The second-order valence-corrected chi connectivity index (χ2v) is 10.5. The van der Waals surface area contributed by atoms with Crippen LogP contribution in [-0.4, -0.2) is 52.4 Å². The molecule has 4 aromatic heterocycles. The molecule has 0 radical (unpaired) electrons. The summed E-state index contributed by atoms with van der Waals surface area (Å²) in [5, 5.41) is 7.20. The minimum atomic E-state index is -0.500. The van der Waals surface area contributed by atoms with Crippen LogP contribution in [0.25, 0.3) is 16.7 Å². The molecule has 6 heterocycles. The first kappa shape index (κ1) is 25.1. The van der Waals surface area contributed by atoms with Gasteiger partial charge in [0.2, 0.25) is 5.91 Å². The number of rotatable bonds is 6. The van der Waals surface area contributed by atoms with Crippen molar-refractivity contribution in [1.82, 2.24) is 34.4 Å². The van der Waals surface area contributed by atoms with E-state index in [0.29, 0.717) is 34.0 Å². The Morgan fingerprint density at radius 2 is 2.05 bits per heavy atom. The van der Waals surface area contributed by atoms with Crippen molar-refractivity contribution in [3.05, 3.63) is 85.0 Å². The summed E-state index contributed by atoms with van der Waals surface area (Å²) in [6.45, 7) is 5.54. The fraction of sp³-hybridized carbons (Fsp3) is 0.267. The molecule has 10 nitrogen and oxygen atoms in total. The molecule has 0 aliphatic carbocycles. The van der Waals surface area contributed by atoms with Crippen LogP contribution in [0.5, 0.6) is 11.5 Å². The first-order chi connectivity index (χ1) is 20.0. The average Bonchev–Trinajstić information content (AvgIpc) is 3.54. The van der Waals surface area contributed by atoms with Crippen LogP contribution >= 0.6 is 0 Å². The van der Waals surface area contributed by atoms with Crippen LogP contribution in [0.15, 0.2) is 67.9 Å². The van der Waals surface area contributed by atoms with Crippen LogP contribution in [-0.2, 0) is 4.79 Å². The predicted octanol–water partition coefficient (Wildman–Crippen LogP) is 5.47. The molecule has 41 heavy (non-hydrogen) atoms. The maximum Gasteiger partial charge on any atom is 0.246 e. The molecule has 2 aliphatic heterocycles. The van der Waals surface area contributed by atoms with Crippen molar-refractivity contribution < 1.29 is 13.9 Å². The van der Waals surface area contributed by atoms with Gasteiger partial charge in [0.15, 0.2) is 11.5 Å². The summed E-state index contributed by atoms with van der Waals surface area (Å²) in [5.41, 5.74) is 3.68. The maximum absolute atomic E-state index is 15.4. The molecule has 1 N–H and O–H groups in total. The standard InChI is InChI=1S/C30H27FN8O2/c1-3-28(40)39-18-5-4-6-25(39)20(12-18)22-7-8-23-29(36-22)30(34-15-32-23)37-24-11-17(2)26(14-21(24)31)41-19-9-10-38-27(13-19)33-16-35-38/h3,7-11,13-16,18,20,25H,1,4-6,12H2,2H3,(H,32,34,37). The highest BCUT2D eigenvalue weighted by atomic mass is 19.1. The van der Waals surface area contributed by atoms with Gasteiger partial charge in [-0.3, -0.25) is 4.79 Å². The molecule has 3 atom stereocenters. The van der Waals surface area contributed by atoms with Gasteiger partial charge in [-0.25, -0.2) is 28.8 Å². The number of amides is 1. The second kappa shape index (κ2) is 9.92. The number of halogens is 1. The monoisotopic (exact) mass is 550 g/mol. The number of pyridine rings is 2. The van der Waals surface area contributed by atoms with Crippen LogP contribution in [0.2, 0.25) is 0 Å². The molecular weight excluding hydrogens is 523 g/mol. The highest BCUT2D eigenvalue weighted by Gasteiger charge is 2.46. The number of aryl methyl sites for hydroxylation is 1. The second-order valence-electron chi connectivity index (χ2n) is 10.5. The lowest BCUT2D eigenvalue weighted by molar-refractivity contribution is -0.130. The number of carbonyl (C=O) groups excluding carboxylic acids is 1. The molecule has 3 unspecified atom stereocenters. The molecule has 206 valence electrons. The zero-order valence-electron chi connectivity index (χ0n) is 22.4. The van der Waals surface area contributed by atoms with Crippen molar-refractivity contribution in [3.8, 4) is 11.5 Å². The Morgan fingerprint density at radius 1 is 1.15 bits per heavy atom. The molecule has 1 aromatic carbocycles. The maximum atomic E-state index is 15.4. The van der Waals surface area contributed by atoms with E-state index >= 15 is 4.39 Å². The van der Waals surface area contributed by atoms with Crippen LogP contribution in [0.1, 0.15) is 42.9 Å². The van der Waals surface area contributed by atoms with Gasteiger partial charge in [-0.2, -0.15) is 5.10 Å². The zero-order valence-corrected chi connectivity index (χ0v) is 22.4. The summed E-state index contributed by atoms with van der Waals surface area (Å²) in [6, 6.07) is 10.7. The molecule has 2 bridgehead atoms. The van der Waals surface area contributed by atoms with E-state index < -0.39 is 5.82 Å². The summed E-state index contributed by atoms with van der Waals surface area (Å²) in [6.07, 6.45) is 9.89. The fourth-order valence-corrected chi connectivity index (χ4v) is 6.19. The molecule has 2 saturated heterocycles. The number of piperidine rings is 1. The number of nitrogens with one attached hydrogen (secondary N) is 1. The molecule has 2 fully saturated rings. The van der Waals surface area contributed by atoms with Gasteiger partial charge >= 0.3 is 0 Å². The van der Waals surface area contributed by atoms with Crippen molar-refractivity contribution in [2.75, 3.05) is 5.32 Å². The Kier molecular flexibility index (Phi) is 6.06. The van der Waals surface area contributed by atoms with E-state index in [1.165, 1.54) is 24.8 Å². The summed E-state index contributed by atoms with van der Waals surface area (Å²) >= 11 is 0. The van der Waals surface area contributed by atoms with E-state index in [1.54, 1.807) is 28.9 Å². The van der Waals surface area contributed by atoms with E-state index in [4.69, 9.17) is 9.72 Å². The van der Waals surface area contributed by atoms with Gasteiger partial charge in [-0.1, -0.05) is 6.58 Å². The number of carbonyl (C=O) groups is 1. The Bertz CT molecular complexity index is 1820. The van der Waals surface area contributed by atoms with E-state index in [1.807, 2.05) is 24.0 Å². The lowest BCUT2D eigenvalue weighted by Crippen LogP contribution is -2.44. The molecule has 1 amide bonds. The van der Waals surface area contributed by atoms with Gasteiger partial charge in [0.25, 0.3) is 0 Å². The number of ether oxygens (including phenoxy) is 1. The number of nitrogens with zero attached hydrogens (tertiary/aromatic N) is 7. The van der Waals surface area contributed by atoms with Crippen LogP contribution in [0.3, 0.4) is 0 Å². The lowest BCUT2D eigenvalue weighted by Gasteiger charge is -2.35. The van der Waals surface area contributed by atoms with Crippen molar-refractivity contribution in [3.63, 3.8) is 0 Å². The van der Waals surface area contributed by atoms with Crippen molar-refractivity contribution in [1.29, 1.82) is 0 Å². The Balaban J connectivity index is 1.18. The quantitative estimate of drug-likeness (QED) is 0.277. The van der Waals surface area contributed by atoms with Crippen LogP contribution < -0.4 is 10.1 Å². The van der Waals surface area contributed by atoms with Crippen molar-refractivity contribution in [2.24, 2.45) is 0 Å². The number of hydrogen-bond donors (Lipinski definition) is 1. The van der Waals surface area contributed by atoms with Crippen molar-refractivity contribution >= 4 is 34.1 Å². The molecular formula is C30H27FN8O2. The smallest absolute Gasteiger partial charge is 0.246 e. The number of hydrogen-bond acceptors (Lipinski definition) is 8. The van der Waals surface area contributed by atoms with Crippen LogP contribution in [0, 0.1) is 12.7 Å². The highest BCUT2D eigenvalue weighted by Crippen LogP contribution is 2.45. The van der Waals surface area contributed by atoms with Gasteiger partial charge in [0.05, 0.1) is 11.2 Å². The first-order valence-corrected chi connectivity index (χ1v) is 13.6. The number of fused-ring (bicyclic) bond motifs is 4. The number of aromatic nitrogens is 6.